The molecule has 1 aliphatic heterocycles. The lowest BCUT2D eigenvalue weighted by molar-refractivity contribution is 0.0813. The number of ketones is 1. The lowest BCUT2D eigenvalue weighted by atomic mass is 9.93. The Morgan fingerprint density at radius 1 is 1.37 bits per heavy atom. The Morgan fingerprint density at radius 3 is 2.79 bits per heavy atom. The van der Waals surface area contributed by atoms with Crippen LogP contribution in [0, 0.1) is 5.92 Å². The van der Waals surface area contributed by atoms with Gasteiger partial charge >= 0.3 is 0 Å². The normalized spacial score (nSPS) is 24.2. The number of hydrogen-bond acceptors (Lipinski definition) is 3. The first-order valence-corrected chi connectivity index (χ1v) is 7.02. The molecule has 2 atom stereocenters. The molecule has 3 heteroatoms. The van der Waals surface area contributed by atoms with Crippen molar-refractivity contribution in [3.63, 3.8) is 0 Å². The zero-order valence-corrected chi connectivity index (χ0v) is 12.1. The van der Waals surface area contributed by atoms with Crippen molar-refractivity contribution in [1.29, 1.82) is 0 Å². The molecule has 0 aliphatic carbocycles. The molecule has 0 radical (unpaired) electrons. The molecule has 2 unspecified atom stereocenters. The van der Waals surface area contributed by atoms with Gasteiger partial charge in [0.15, 0.2) is 5.78 Å². The third-order valence-corrected chi connectivity index (χ3v) is 4.03. The number of hydrogen-bond donors (Lipinski definition) is 0. The Hall–Kier alpha value is -1.35. The SMILES string of the molecule is COc1ccccc1C(=O)CN1CCC(C)CC1C. The number of rotatable bonds is 4. The minimum Gasteiger partial charge on any atom is -0.496 e. The predicted octanol–water partition coefficient (Wildman–Crippen LogP) is 3.00. The summed E-state index contributed by atoms with van der Waals surface area (Å²) in [6.07, 6.45) is 2.36. The van der Waals surface area contributed by atoms with Crippen LogP contribution in [0.5, 0.6) is 5.75 Å². The van der Waals surface area contributed by atoms with Crippen LogP contribution in [0.15, 0.2) is 24.3 Å². The van der Waals surface area contributed by atoms with Crippen molar-refractivity contribution in [1.82, 2.24) is 4.90 Å². The lowest BCUT2D eigenvalue weighted by Gasteiger charge is -2.36. The molecule has 0 saturated carbocycles. The molecule has 1 aromatic carbocycles. The second-order valence-corrected chi connectivity index (χ2v) is 5.57. The van der Waals surface area contributed by atoms with E-state index in [2.05, 4.69) is 18.7 Å². The average molecular weight is 261 g/mol. The summed E-state index contributed by atoms with van der Waals surface area (Å²) in [6.45, 7) is 6.01. The summed E-state index contributed by atoms with van der Waals surface area (Å²) in [7, 11) is 1.61. The van der Waals surface area contributed by atoms with Crippen LogP contribution < -0.4 is 4.74 Å². The molecule has 0 N–H and O–H groups in total. The fourth-order valence-corrected chi connectivity index (χ4v) is 2.84. The third-order valence-electron chi connectivity index (χ3n) is 4.03. The summed E-state index contributed by atoms with van der Waals surface area (Å²) in [6, 6.07) is 7.95. The predicted molar refractivity (Wildman–Crippen MR) is 76.8 cm³/mol. The van der Waals surface area contributed by atoms with Crippen molar-refractivity contribution in [2.45, 2.75) is 32.7 Å². The van der Waals surface area contributed by atoms with Gasteiger partial charge in [0, 0.05) is 6.04 Å². The van der Waals surface area contributed by atoms with E-state index in [4.69, 9.17) is 4.74 Å². The molecule has 1 fully saturated rings. The number of methoxy groups -OCH3 is 1. The molecular weight excluding hydrogens is 238 g/mol. The van der Waals surface area contributed by atoms with Gasteiger partial charge in [-0.05, 0) is 44.4 Å². The second kappa shape index (κ2) is 6.20. The topological polar surface area (TPSA) is 29.5 Å². The molecule has 1 heterocycles. The zero-order valence-electron chi connectivity index (χ0n) is 12.1. The van der Waals surface area contributed by atoms with E-state index in [1.807, 2.05) is 24.3 Å². The Morgan fingerprint density at radius 2 is 2.11 bits per heavy atom. The Kier molecular flexibility index (Phi) is 4.59. The van der Waals surface area contributed by atoms with Gasteiger partial charge in [0.2, 0.25) is 0 Å². The van der Waals surface area contributed by atoms with Gasteiger partial charge < -0.3 is 4.74 Å². The second-order valence-electron chi connectivity index (χ2n) is 5.57. The molecule has 19 heavy (non-hydrogen) atoms. The summed E-state index contributed by atoms with van der Waals surface area (Å²) in [4.78, 5) is 14.7. The Labute approximate surface area is 115 Å². The van der Waals surface area contributed by atoms with Crippen LogP contribution in [0.3, 0.4) is 0 Å². The highest BCUT2D eigenvalue weighted by Crippen LogP contribution is 2.24. The quantitative estimate of drug-likeness (QED) is 0.780. The molecule has 2 rings (SSSR count). The van der Waals surface area contributed by atoms with Gasteiger partial charge in [-0.2, -0.15) is 0 Å². The van der Waals surface area contributed by atoms with E-state index in [9.17, 15) is 4.79 Å². The molecule has 0 bridgehead atoms. The lowest BCUT2D eigenvalue weighted by Crippen LogP contribution is -2.43. The van der Waals surface area contributed by atoms with Gasteiger partial charge in [-0.1, -0.05) is 19.1 Å². The van der Waals surface area contributed by atoms with Crippen LogP contribution in [0.4, 0.5) is 0 Å². The molecule has 104 valence electrons. The first-order chi connectivity index (χ1) is 9.11. The smallest absolute Gasteiger partial charge is 0.180 e. The number of benzene rings is 1. The summed E-state index contributed by atoms with van der Waals surface area (Å²) in [5.74, 6) is 1.59. The van der Waals surface area contributed by atoms with Crippen molar-refractivity contribution >= 4 is 5.78 Å². The standard InChI is InChI=1S/C16H23NO2/c1-12-8-9-17(13(2)10-12)11-15(18)14-6-4-5-7-16(14)19-3/h4-7,12-13H,8-11H2,1-3H3. The molecule has 1 aliphatic rings. The first kappa shape index (κ1) is 14.1. The summed E-state index contributed by atoms with van der Waals surface area (Å²) >= 11 is 0. The fraction of sp³-hybridized carbons (Fsp3) is 0.562. The zero-order chi connectivity index (χ0) is 13.8. The number of likely N-dealkylation sites (tertiary alicyclic amines) is 1. The molecule has 3 nitrogen and oxygen atoms in total. The number of ether oxygens (including phenoxy) is 1. The summed E-state index contributed by atoms with van der Waals surface area (Å²) < 4.78 is 5.26. The number of piperidine rings is 1. The minimum atomic E-state index is 0.152. The van der Waals surface area contributed by atoms with Gasteiger partial charge in [-0.25, -0.2) is 0 Å². The third kappa shape index (κ3) is 3.35. The Balaban J connectivity index is 2.04. The van der Waals surface area contributed by atoms with Gasteiger partial charge in [0.1, 0.15) is 5.75 Å². The van der Waals surface area contributed by atoms with Gasteiger partial charge in [-0.3, -0.25) is 9.69 Å². The van der Waals surface area contributed by atoms with Crippen LogP contribution in [-0.2, 0) is 0 Å². The maximum atomic E-state index is 12.4. The highest BCUT2D eigenvalue weighted by molar-refractivity contribution is 6.00. The maximum Gasteiger partial charge on any atom is 0.180 e. The number of Topliss-reactive ketones (excluding diaryl/α,β-unsaturated/α-hetero) is 1. The van der Waals surface area contributed by atoms with E-state index in [1.54, 1.807) is 7.11 Å². The number of para-hydroxylation sites is 1. The monoisotopic (exact) mass is 261 g/mol. The molecular formula is C16H23NO2. The fourth-order valence-electron chi connectivity index (χ4n) is 2.84. The van der Waals surface area contributed by atoms with Crippen molar-refractivity contribution in [3.05, 3.63) is 29.8 Å². The van der Waals surface area contributed by atoms with E-state index in [0.717, 1.165) is 12.5 Å². The average Bonchev–Trinajstić information content (AvgIpc) is 2.41. The van der Waals surface area contributed by atoms with Crippen LogP contribution in [0.25, 0.3) is 0 Å². The molecule has 1 saturated heterocycles. The van der Waals surface area contributed by atoms with Gasteiger partial charge in [-0.15, -0.1) is 0 Å². The van der Waals surface area contributed by atoms with Crippen molar-refractivity contribution in [2.24, 2.45) is 5.92 Å². The molecule has 1 aromatic rings. The number of carbonyl (C=O) groups excluding carboxylic acids is 1. The Bertz CT molecular complexity index is 444. The van der Waals surface area contributed by atoms with Crippen molar-refractivity contribution < 1.29 is 9.53 Å². The summed E-state index contributed by atoms with van der Waals surface area (Å²) in [5, 5.41) is 0. The van der Waals surface area contributed by atoms with Crippen molar-refractivity contribution in [2.75, 3.05) is 20.2 Å². The van der Waals surface area contributed by atoms with Crippen LogP contribution in [-0.4, -0.2) is 36.9 Å². The molecule has 0 aromatic heterocycles. The molecule has 0 amide bonds. The minimum absolute atomic E-state index is 0.152. The highest BCUT2D eigenvalue weighted by Gasteiger charge is 2.25. The highest BCUT2D eigenvalue weighted by atomic mass is 16.5. The molecule has 0 spiro atoms. The summed E-state index contributed by atoms with van der Waals surface area (Å²) in [5.41, 5.74) is 0.691. The van der Waals surface area contributed by atoms with E-state index < -0.39 is 0 Å². The van der Waals surface area contributed by atoms with E-state index in [0.29, 0.717) is 23.9 Å². The van der Waals surface area contributed by atoms with E-state index in [-0.39, 0.29) is 5.78 Å². The van der Waals surface area contributed by atoms with Crippen LogP contribution >= 0.6 is 0 Å². The van der Waals surface area contributed by atoms with Gasteiger partial charge in [0.25, 0.3) is 0 Å². The first-order valence-electron chi connectivity index (χ1n) is 7.02. The number of carbonyl (C=O) groups is 1. The van der Waals surface area contributed by atoms with E-state index >= 15 is 0 Å². The van der Waals surface area contributed by atoms with Gasteiger partial charge in [0.05, 0.1) is 19.2 Å². The number of nitrogens with zero attached hydrogens (tertiary/aromatic N) is 1. The maximum absolute atomic E-state index is 12.4. The van der Waals surface area contributed by atoms with Crippen LogP contribution in [0.2, 0.25) is 0 Å². The van der Waals surface area contributed by atoms with Crippen LogP contribution in [0.1, 0.15) is 37.0 Å². The van der Waals surface area contributed by atoms with Crippen molar-refractivity contribution in [3.8, 4) is 5.75 Å². The largest absolute Gasteiger partial charge is 0.496 e. The van der Waals surface area contributed by atoms with E-state index in [1.165, 1.54) is 12.8 Å².